The van der Waals surface area contributed by atoms with Crippen LogP contribution in [0.15, 0.2) is 72.9 Å². The number of aliphatic hydroxyl groups is 5. The maximum atomic E-state index is 12.8. The number of allylic oxidation sites excluding steroid dienone is 12. The summed E-state index contributed by atoms with van der Waals surface area (Å²) in [4.78, 5) is 35.6. The molecule has 8 atom stereocenters. The molecule has 1 fully saturated rings. The predicted molar refractivity (Wildman–Crippen MR) is 230 cm³/mol. The third kappa shape index (κ3) is 27.7. The van der Waals surface area contributed by atoms with Crippen molar-refractivity contribution >= 4 is 19.8 Å². The average Bonchev–Trinajstić information content (AvgIpc) is 3.21. The van der Waals surface area contributed by atoms with Gasteiger partial charge in [0.15, 0.2) is 6.10 Å². The molecule has 6 unspecified atom stereocenters. The van der Waals surface area contributed by atoms with Gasteiger partial charge in [0, 0.05) is 12.8 Å². The van der Waals surface area contributed by atoms with Gasteiger partial charge in [-0.3, -0.25) is 18.6 Å². The summed E-state index contributed by atoms with van der Waals surface area (Å²) < 4.78 is 33.4. The Bertz CT molecular complexity index is 1310. The quantitative estimate of drug-likeness (QED) is 0.0157. The van der Waals surface area contributed by atoms with Crippen LogP contribution in [0.2, 0.25) is 0 Å². The van der Waals surface area contributed by atoms with E-state index in [0.717, 1.165) is 77.0 Å². The first-order valence-electron chi connectivity index (χ1n) is 21.7. The van der Waals surface area contributed by atoms with E-state index in [0.29, 0.717) is 19.3 Å². The number of carbonyl (C=O) groups is 2. The van der Waals surface area contributed by atoms with Gasteiger partial charge in [0.2, 0.25) is 0 Å². The van der Waals surface area contributed by atoms with E-state index >= 15 is 0 Å². The second kappa shape index (κ2) is 34.9. The fourth-order valence-electron chi connectivity index (χ4n) is 6.01. The molecule has 1 aliphatic rings. The molecule has 14 heteroatoms. The SMILES string of the molecule is CC/C=C\C/C=C\C/C=C\C/C=C\CCCCC(=O)O[C@H](COC(=O)CCCCCCC/C=C\C/C=C\CCCCC)COP(=O)(O)OC1C(O)C(O)C(O)[C@@H](O)C1O. The van der Waals surface area contributed by atoms with Crippen LogP contribution >= 0.6 is 7.82 Å². The van der Waals surface area contributed by atoms with Crippen molar-refractivity contribution in [2.75, 3.05) is 13.2 Å². The number of ether oxygens (including phenoxy) is 2. The highest BCUT2D eigenvalue weighted by molar-refractivity contribution is 7.47. The Morgan fingerprint density at radius 3 is 1.51 bits per heavy atom. The van der Waals surface area contributed by atoms with Crippen LogP contribution in [-0.4, -0.2) is 98.3 Å². The fourth-order valence-corrected chi connectivity index (χ4v) is 6.98. The van der Waals surface area contributed by atoms with Crippen molar-refractivity contribution in [3.63, 3.8) is 0 Å². The second-order valence-corrected chi connectivity index (χ2v) is 16.2. The van der Waals surface area contributed by atoms with E-state index < -0.39 is 75.7 Å². The number of phosphoric acid groups is 1. The molecule has 0 heterocycles. The molecule has 1 saturated carbocycles. The number of rotatable bonds is 34. The summed E-state index contributed by atoms with van der Waals surface area (Å²) in [5.41, 5.74) is 0. The highest BCUT2D eigenvalue weighted by atomic mass is 31.2. The van der Waals surface area contributed by atoms with Crippen molar-refractivity contribution in [3.8, 4) is 0 Å². The summed E-state index contributed by atoms with van der Waals surface area (Å²) in [6.07, 6.45) is 29.6. The number of aliphatic hydroxyl groups excluding tert-OH is 5. The molecule has 338 valence electrons. The summed E-state index contributed by atoms with van der Waals surface area (Å²) >= 11 is 0. The van der Waals surface area contributed by atoms with E-state index in [9.17, 15) is 44.6 Å². The van der Waals surface area contributed by atoms with Gasteiger partial charge in [-0.1, -0.05) is 119 Å². The van der Waals surface area contributed by atoms with Gasteiger partial charge in [-0.05, 0) is 83.5 Å². The zero-order valence-electron chi connectivity index (χ0n) is 35.5. The number of hydrogen-bond donors (Lipinski definition) is 6. The molecule has 1 rings (SSSR count). The van der Waals surface area contributed by atoms with E-state index in [1.807, 2.05) is 6.08 Å². The van der Waals surface area contributed by atoms with E-state index in [2.05, 4.69) is 80.7 Å². The Labute approximate surface area is 353 Å². The third-order valence-corrected chi connectivity index (χ3v) is 10.5. The molecule has 0 bridgehead atoms. The third-order valence-electron chi connectivity index (χ3n) is 9.53. The first-order valence-corrected chi connectivity index (χ1v) is 23.2. The number of esters is 2. The molecule has 0 saturated heterocycles. The van der Waals surface area contributed by atoms with Gasteiger partial charge < -0.3 is 39.9 Å². The molecule has 0 aliphatic heterocycles. The molecule has 0 aromatic rings. The largest absolute Gasteiger partial charge is 0.472 e. The lowest BCUT2D eigenvalue weighted by Gasteiger charge is -2.41. The van der Waals surface area contributed by atoms with Gasteiger partial charge in [-0.15, -0.1) is 0 Å². The zero-order chi connectivity index (χ0) is 43.6. The molecular formula is C45H75O13P. The van der Waals surface area contributed by atoms with Gasteiger partial charge in [-0.25, -0.2) is 4.57 Å². The summed E-state index contributed by atoms with van der Waals surface area (Å²) in [5, 5.41) is 50.1. The van der Waals surface area contributed by atoms with Crippen LogP contribution in [0.5, 0.6) is 0 Å². The molecule has 0 amide bonds. The van der Waals surface area contributed by atoms with Crippen LogP contribution in [0, 0.1) is 0 Å². The van der Waals surface area contributed by atoms with E-state index in [-0.39, 0.29) is 12.8 Å². The Morgan fingerprint density at radius 2 is 0.966 bits per heavy atom. The molecule has 0 aromatic carbocycles. The monoisotopic (exact) mass is 854 g/mol. The van der Waals surface area contributed by atoms with Crippen LogP contribution in [-0.2, 0) is 32.7 Å². The molecule has 59 heavy (non-hydrogen) atoms. The Kier molecular flexibility index (Phi) is 32.2. The molecule has 0 radical (unpaired) electrons. The molecule has 1 aliphatic carbocycles. The van der Waals surface area contributed by atoms with Crippen LogP contribution in [0.1, 0.15) is 142 Å². The van der Waals surface area contributed by atoms with Gasteiger partial charge in [0.1, 0.15) is 43.2 Å². The van der Waals surface area contributed by atoms with Crippen molar-refractivity contribution in [1.29, 1.82) is 0 Å². The van der Waals surface area contributed by atoms with Crippen LogP contribution in [0.3, 0.4) is 0 Å². The summed E-state index contributed by atoms with van der Waals surface area (Å²) in [5.74, 6) is -1.17. The second-order valence-electron chi connectivity index (χ2n) is 14.8. The summed E-state index contributed by atoms with van der Waals surface area (Å²) in [7, 11) is -5.13. The molecule has 6 N–H and O–H groups in total. The lowest BCUT2D eigenvalue weighted by Crippen LogP contribution is -2.64. The molecule has 13 nitrogen and oxygen atoms in total. The minimum Gasteiger partial charge on any atom is -0.462 e. The van der Waals surface area contributed by atoms with Gasteiger partial charge in [-0.2, -0.15) is 0 Å². The summed E-state index contributed by atoms with van der Waals surface area (Å²) in [6.45, 7) is 3.09. The lowest BCUT2D eigenvalue weighted by atomic mass is 9.85. The first-order chi connectivity index (χ1) is 28.4. The minimum absolute atomic E-state index is 0.0375. The number of unbranched alkanes of at least 4 members (excludes halogenated alkanes) is 10. The topological polar surface area (TPSA) is 210 Å². The van der Waals surface area contributed by atoms with Crippen LogP contribution in [0.25, 0.3) is 0 Å². The first kappa shape index (κ1) is 54.3. The molecule has 0 aromatic heterocycles. The zero-order valence-corrected chi connectivity index (χ0v) is 36.4. The van der Waals surface area contributed by atoms with Crippen LogP contribution in [0.4, 0.5) is 0 Å². The number of carbonyl (C=O) groups excluding carboxylic acids is 2. The maximum Gasteiger partial charge on any atom is 0.472 e. The Morgan fingerprint density at radius 1 is 0.542 bits per heavy atom. The Hall–Kier alpha value is -2.71. The van der Waals surface area contributed by atoms with Crippen molar-refractivity contribution in [3.05, 3.63) is 72.9 Å². The summed E-state index contributed by atoms with van der Waals surface area (Å²) in [6, 6.07) is 0. The van der Waals surface area contributed by atoms with Crippen LogP contribution < -0.4 is 0 Å². The number of hydrogen-bond acceptors (Lipinski definition) is 12. The van der Waals surface area contributed by atoms with Gasteiger partial charge >= 0.3 is 19.8 Å². The van der Waals surface area contributed by atoms with Crippen molar-refractivity contribution < 1.29 is 63.1 Å². The predicted octanol–water partition coefficient (Wildman–Crippen LogP) is 7.94. The highest BCUT2D eigenvalue weighted by Gasteiger charge is 2.51. The normalized spacial score (nSPS) is 23.1. The van der Waals surface area contributed by atoms with Gasteiger partial charge in [0.25, 0.3) is 0 Å². The highest BCUT2D eigenvalue weighted by Crippen LogP contribution is 2.47. The molecular weight excluding hydrogens is 779 g/mol. The fraction of sp³-hybridized carbons (Fsp3) is 0.689. The minimum atomic E-state index is -5.13. The van der Waals surface area contributed by atoms with E-state index in [1.54, 1.807) is 0 Å². The standard InChI is InChI=1S/C45H75O13P/c1-3-5-7-9-11-13-15-17-19-21-23-25-27-29-31-33-38(46)55-35-37(36-56-59(53,54)58-45-43(51)41(49)40(48)42(50)44(45)52)57-39(47)34-32-30-28-26-24-22-20-18-16-14-12-10-8-6-4-2/h6,8,11-14,17-20,24,26,37,40-45,48-52H,3-5,7,9-10,15-16,21-23,25,27-36H2,1-2H3,(H,53,54)/b8-6-,13-11-,14-12-,19-17-,20-18-,26-24-/t37-,40?,41-,42?,43?,44?,45?/m1/s1. The van der Waals surface area contributed by atoms with E-state index in [4.69, 9.17) is 18.5 Å². The Balaban J connectivity index is 2.54. The van der Waals surface area contributed by atoms with Crippen molar-refractivity contribution in [2.24, 2.45) is 0 Å². The smallest absolute Gasteiger partial charge is 0.462 e. The van der Waals surface area contributed by atoms with Crippen molar-refractivity contribution in [1.82, 2.24) is 0 Å². The lowest BCUT2D eigenvalue weighted by molar-refractivity contribution is -0.220. The molecule has 0 spiro atoms. The van der Waals surface area contributed by atoms with Gasteiger partial charge in [0.05, 0.1) is 6.61 Å². The maximum absolute atomic E-state index is 12.8. The average molecular weight is 855 g/mol. The van der Waals surface area contributed by atoms with Crippen molar-refractivity contribution in [2.45, 2.75) is 185 Å². The van der Waals surface area contributed by atoms with E-state index in [1.165, 1.54) is 19.3 Å². The number of phosphoric ester groups is 1.